The summed E-state index contributed by atoms with van der Waals surface area (Å²) in [6.45, 7) is 4.64. The Morgan fingerprint density at radius 2 is 2.00 bits per heavy atom. The molecule has 0 aliphatic carbocycles. The van der Waals surface area contributed by atoms with Gasteiger partial charge < -0.3 is 15.3 Å². The summed E-state index contributed by atoms with van der Waals surface area (Å²) < 4.78 is 0. The van der Waals surface area contributed by atoms with Crippen molar-refractivity contribution in [1.29, 1.82) is 0 Å². The van der Waals surface area contributed by atoms with Crippen molar-refractivity contribution in [2.24, 2.45) is 5.92 Å². The van der Waals surface area contributed by atoms with E-state index in [1.54, 1.807) is 6.92 Å². The maximum absolute atomic E-state index is 12.2. The van der Waals surface area contributed by atoms with Crippen LogP contribution in [0.5, 0.6) is 0 Å². The van der Waals surface area contributed by atoms with E-state index in [0.717, 1.165) is 19.3 Å². The van der Waals surface area contributed by atoms with Crippen LogP contribution in [0.25, 0.3) is 0 Å². The summed E-state index contributed by atoms with van der Waals surface area (Å²) in [5.41, 5.74) is 1.22. The highest BCUT2D eigenvalue weighted by Crippen LogP contribution is 2.19. The molecule has 2 N–H and O–H groups in total. The van der Waals surface area contributed by atoms with Crippen LogP contribution in [0.15, 0.2) is 30.3 Å². The Bertz CT molecular complexity index is 530. The van der Waals surface area contributed by atoms with E-state index in [-0.39, 0.29) is 12.0 Å². The number of carbonyl (C=O) groups is 2. The lowest BCUT2D eigenvalue weighted by Crippen LogP contribution is -2.45. The molecule has 1 aliphatic rings. The number of nitrogens with zero attached hydrogens (tertiary/aromatic N) is 1. The standard InChI is InChI=1S/C18H26N2O3/c1-13(8-9-15-6-4-3-5-7-15)19-17(22)18(23)20-11-10-16(12-20)14(2)21/h3-7,13-14,16,21H,8-12H2,1-2H3,(H,19,22)/t13-,14-,16+/m1/s1. The number of aryl methyl sites for hydroxylation is 1. The van der Waals surface area contributed by atoms with Crippen molar-refractivity contribution in [3.8, 4) is 0 Å². The van der Waals surface area contributed by atoms with Crippen molar-refractivity contribution in [3.05, 3.63) is 35.9 Å². The highest BCUT2D eigenvalue weighted by Gasteiger charge is 2.32. The summed E-state index contributed by atoms with van der Waals surface area (Å²) in [5.74, 6) is -0.959. The number of aliphatic hydroxyl groups is 1. The molecule has 2 rings (SSSR count). The van der Waals surface area contributed by atoms with Gasteiger partial charge in [0.25, 0.3) is 0 Å². The summed E-state index contributed by atoms with van der Waals surface area (Å²) in [7, 11) is 0. The van der Waals surface area contributed by atoms with Gasteiger partial charge in [-0.1, -0.05) is 30.3 Å². The van der Waals surface area contributed by atoms with Crippen LogP contribution in [0, 0.1) is 5.92 Å². The van der Waals surface area contributed by atoms with Gasteiger partial charge in [-0.25, -0.2) is 0 Å². The van der Waals surface area contributed by atoms with Gasteiger partial charge in [0.15, 0.2) is 0 Å². The van der Waals surface area contributed by atoms with E-state index < -0.39 is 17.9 Å². The van der Waals surface area contributed by atoms with Crippen LogP contribution in [0.3, 0.4) is 0 Å². The molecular formula is C18H26N2O3. The SMILES string of the molecule is C[C@H](CCc1ccccc1)NC(=O)C(=O)N1CC[C@H]([C@@H](C)O)C1. The summed E-state index contributed by atoms with van der Waals surface area (Å²) in [6.07, 6.45) is 1.96. The fourth-order valence-corrected chi connectivity index (χ4v) is 2.89. The molecule has 0 saturated carbocycles. The molecule has 5 nitrogen and oxygen atoms in total. The lowest BCUT2D eigenvalue weighted by molar-refractivity contribution is -0.145. The quantitative estimate of drug-likeness (QED) is 0.805. The van der Waals surface area contributed by atoms with E-state index >= 15 is 0 Å². The number of hydrogen-bond donors (Lipinski definition) is 2. The zero-order chi connectivity index (χ0) is 16.8. The van der Waals surface area contributed by atoms with Gasteiger partial charge in [0.2, 0.25) is 0 Å². The van der Waals surface area contributed by atoms with E-state index in [1.807, 2.05) is 25.1 Å². The van der Waals surface area contributed by atoms with E-state index in [1.165, 1.54) is 10.5 Å². The molecule has 3 atom stereocenters. The predicted molar refractivity (Wildman–Crippen MR) is 88.7 cm³/mol. The monoisotopic (exact) mass is 318 g/mol. The van der Waals surface area contributed by atoms with E-state index in [2.05, 4.69) is 17.4 Å². The molecule has 1 fully saturated rings. The molecule has 1 saturated heterocycles. The Morgan fingerprint density at radius 3 is 2.61 bits per heavy atom. The van der Waals surface area contributed by atoms with Gasteiger partial charge in [-0.2, -0.15) is 0 Å². The third-order valence-electron chi connectivity index (χ3n) is 4.47. The first-order valence-electron chi connectivity index (χ1n) is 8.29. The Kier molecular flexibility index (Phi) is 6.16. The molecule has 0 bridgehead atoms. The number of carbonyl (C=O) groups excluding carboxylic acids is 2. The number of rotatable bonds is 5. The smallest absolute Gasteiger partial charge is 0.311 e. The first-order valence-corrected chi connectivity index (χ1v) is 8.29. The Balaban J connectivity index is 1.76. The van der Waals surface area contributed by atoms with Crippen molar-refractivity contribution < 1.29 is 14.7 Å². The maximum Gasteiger partial charge on any atom is 0.311 e. The zero-order valence-electron chi connectivity index (χ0n) is 13.9. The number of likely N-dealkylation sites (tertiary alicyclic amines) is 1. The second-order valence-electron chi connectivity index (χ2n) is 6.44. The molecule has 23 heavy (non-hydrogen) atoms. The van der Waals surface area contributed by atoms with Crippen LogP contribution in [-0.4, -0.2) is 47.1 Å². The van der Waals surface area contributed by atoms with E-state index in [4.69, 9.17) is 0 Å². The van der Waals surface area contributed by atoms with Gasteiger partial charge >= 0.3 is 11.8 Å². The highest BCUT2D eigenvalue weighted by atomic mass is 16.3. The first kappa shape index (κ1) is 17.5. The van der Waals surface area contributed by atoms with Crippen LogP contribution in [0.2, 0.25) is 0 Å². The minimum Gasteiger partial charge on any atom is -0.393 e. The Labute approximate surface area is 137 Å². The molecule has 0 spiro atoms. The number of benzene rings is 1. The molecule has 1 aliphatic heterocycles. The maximum atomic E-state index is 12.2. The largest absolute Gasteiger partial charge is 0.393 e. The van der Waals surface area contributed by atoms with Gasteiger partial charge in [0.05, 0.1) is 6.10 Å². The normalized spacial score (nSPS) is 20.1. The summed E-state index contributed by atoms with van der Waals surface area (Å²) in [5, 5.41) is 12.4. The van der Waals surface area contributed by atoms with Crippen LogP contribution >= 0.6 is 0 Å². The average molecular weight is 318 g/mol. The molecule has 1 heterocycles. The van der Waals surface area contributed by atoms with Gasteiger partial charge in [0.1, 0.15) is 0 Å². The average Bonchev–Trinajstić information content (AvgIpc) is 3.03. The van der Waals surface area contributed by atoms with E-state index in [0.29, 0.717) is 13.1 Å². The second kappa shape index (κ2) is 8.11. The van der Waals surface area contributed by atoms with Gasteiger partial charge in [-0.15, -0.1) is 0 Å². The predicted octanol–water partition coefficient (Wildman–Crippen LogP) is 1.35. The van der Waals surface area contributed by atoms with Gasteiger partial charge in [0, 0.05) is 25.0 Å². The zero-order valence-corrected chi connectivity index (χ0v) is 13.9. The second-order valence-corrected chi connectivity index (χ2v) is 6.44. The fourth-order valence-electron chi connectivity index (χ4n) is 2.89. The molecule has 1 aromatic carbocycles. The topological polar surface area (TPSA) is 69.6 Å². The van der Waals surface area contributed by atoms with Gasteiger partial charge in [-0.3, -0.25) is 9.59 Å². The van der Waals surface area contributed by atoms with Gasteiger partial charge in [-0.05, 0) is 38.7 Å². The van der Waals surface area contributed by atoms with Crippen LogP contribution in [0.4, 0.5) is 0 Å². The fraction of sp³-hybridized carbons (Fsp3) is 0.556. The lowest BCUT2D eigenvalue weighted by atomic mass is 10.0. The molecule has 126 valence electrons. The van der Waals surface area contributed by atoms with Crippen molar-refractivity contribution in [2.75, 3.05) is 13.1 Å². The van der Waals surface area contributed by atoms with Crippen LogP contribution in [-0.2, 0) is 16.0 Å². The number of nitrogens with one attached hydrogen (secondary N) is 1. The molecule has 2 amide bonds. The van der Waals surface area contributed by atoms with Crippen molar-refractivity contribution >= 4 is 11.8 Å². The van der Waals surface area contributed by atoms with E-state index in [9.17, 15) is 14.7 Å². The van der Waals surface area contributed by atoms with Crippen LogP contribution < -0.4 is 5.32 Å². The van der Waals surface area contributed by atoms with Crippen molar-refractivity contribution in [2.45, 2.75) is 45.3 Å². The number of amides is 2. The summed E-state index contributed by atoms with van der Waals surface area (Å²) >= 11 is 0. The lowest BCUT2D eigenvalue weighted by Gasteiger charge is -2.19. The third kappa shape index (κ3) is 5.06. The molecule has 0 aromatic heterocycles. The van der Waals surface area contributed by atoms with Crippen LogP contribution in [0.1, 0.15) is 32.3 Å². The minimum atomic E-state index is -0.545. The summed E-state index contributed by atoms with van der Waals surface area (Å²) in [4.78, 5) is 25.8. The molecular weight excluding hydrogens is 292 g/mol. The minimum absolute atomic E-state index is 0.0539. The third-order valence-corrected chi connectivity index (χ3v) is 4.47. The summed E-state index contributed by atoms with van der Waals surface area (Å²) in [6, 6.07) is 10.0. The first-order chi connectivity index (χ1) is 11.0. The molecule has 0 radical (unpaired) electrons. The molecule has 1 aromatic rings. The number of hydrogen-bond acceptors (Lipinski definition) is 3. The Morgan fingerprint density at radius 1 is 1.30 bits per heavy atom. The highest BCUT2D eigenvalue weighted by molar-refractivity contribution is 6.35. The molecule has 0 unspecified atom stereocenters. The van der Waals surface area contributed by atoms with Crippen molar-refractivity contribution in [1.82, 2.24) is 10.2 Å². The number of aliphatic hydroxyl groups excluding tert-OH is 1. The van der Waals surface area contributed by atoms with Crippen molar-refractivity contribution in [3.63, 3.8) is 0 Å². The molecule has 5 heteroatoms. The Hall–Kier alpha value is -1.88.